The molecule has 0 saturated heterocycles. The molecule has 0 bridgehead atoms. The van der Waals surface area contributed by atoms with E-state index in [0.29, 0.717) is 11.3 Å². The first-order valence-electron chi connectivity index (χ1n) is 4.63. The van der Waals surface area contributed by atoms with E-state index >= 15 is 0 Å². The highest BCUT2D eigenvalue weighted by molar-refractivity contribution is 6.00. The number of rotatable bonds is 1. The summed E-state index contributed by atoms with van der Waals surface area (Å²) >= 11 is 0. The Kier molecular flexibility index (Phi) is 1.51. The van der Waals surface area contributed by atoms with Gasteiger partial charge in [0, 0.05) is 5.56 Å². The maximum absolute atomic E-state index is 11.7. The van der Waals surface area contributed by atoms with Crippen LogP contribution in [0.15, 0.2) is 29.1 Å². The average Bonchev–Trinajstić information content (AvgIpc) is 2.49. The van der Waals surface area contributed by atoms with E-state index in [0.717, 1.165) is 15.9 Å². The van der Waals surface area contributed by atoms with Gasteiger partial charge in [0.2, 0.25) is 0 Å². The molecule has 1 aliphatic rings. The standard InChI is InChI=1S/C10H7N3O3/c14-9-7-5-3-1-2-4-6(5)8(7)11-13(9)12-10(15)16/h1-4,11-12H,(H,15,16). The van der Waals surface area contributed by atoms with Gasteiger partial charge in [-0.2, -0.15) is 4.79 Å². The first kappa shape index (κ1) is 8.78. The van der Waals surface area contributed by atoms with Crippen LogP contribution >= 0.6 is 0 Å². The van der Waals surface area contributed by atoms with Crippen LogP contribution in [0.3, 0.4) is 0 Å². The van der Waals surface area contributed by atoms with Gasteiger partial charge in [0.25, 0.3) is 5.56 Å². The minimum absolute atomic E-state index is 0.379. The van der Waals surface area contributed by atoms with Gasteiger partial charge >= 0.3 is 6.09 Å². The quantitative estimate of drug-likeness (QED) is 0.569. The lowest BCUT2D eigenvalue weighted by atomic mass is 9.87. The highest BCUT2D eigenvalue weighted by Gasteiger charge is 2.29. The van der Waals surface area contributed by atoms with Gasteiger partial charge < -0.3 is 5.11 Å². The molecule has 0 atom stereocenters. The predicted octanol–water partition coefficient (Wildman–Crippen LogP) is 1.05. The van der Waals surface area contributed by atoms with Crippen molar-refractivity contribution in [1.29, 1.82) is 0 Å². The van der Waals surface area contributed by atoms with E-state index in [4.69, 9.17) is 5.11 Å². The topological polar surface area (TPSA) is 87.1 Å². The Hall–Kier alpha value is -2.50. The average molecular weight is 217 g/mol. The van der Waals surface area contributed by atoms with E-state index in [1.165, 1.54) is 0 Å². The van der Waals surface area contributed by atoms with Gasteiger partial charge in [0.05, 0.1) is 11.3 Å². The molecule has 2 aromatic rings. The van der Waals surface area contributed by atoms with Crippen molar-refractivity contribution in [1.82, 2.24) is 9.89 Å². The van der Waals surface area contributed by atoms with Crippen LogP contribution in [0.25, 0.3) is 22.4 Å². The van der Waals surface area contributed by atoms with Crippen molar-refractivity contribution < 1.29 is 9.90 Å². The molecule has 1 aliphatic carbocycles. The predicted molar refractivity (Wildman–Crippen MR) is 56.9 cm³/mol. The fourth-order valence-corrected chi connectivity index (χ4v) is 1.91. The van der Waals surface area contributed by atoms with Crippen LogP contribution in [0, 0.1) is 0 Å². The summed E-state index contributed by atoms with van der Waals surface area (Å²) in [4.78, 5) is 23.1. The lowest BCUT2D eigenvalue weighted by Crippen LogP contribution is -2.30. The minimum Gasteiger partial charge on any atom is -0.464 e. The molecule has 16 heavy (non-hydrogen) atoms. The van der Waals surface area contributed by atoms with Crippen molar-refractivity contribution in [2.24, 2.45) is 0 Å². The zero-order valence-electron chi connectivity index (χ0n) is 8.02. The number of amides is 1. The molecule has 0 unspecified atom stereocenters. The molecule has 0 fully saturated rings. The van der Waals surface area contributed by atoms with Gasteiger partial charge in [-0.1, -0.05) is 24.3 Å². The third-order valence-corrected chi connectivity index (χ3v) is 2.56. The number of fused-ring (bicyclic) bond motifs is 4. The second-order valence-corrected chi connectivity index (χ2v) is 3.46. The van der Waals surface area contributed by atoms with Crippen LogP contribution in [-0.2, 0) is 0 Å². The Balaban J connectivity index is 2.15. The second kappa shape index (κ2) is 2.75. The molecule has 6 nitrogen and oxygen atoms in total. The fraction of sp³-hybridized carbons (Fsp3) is 0. The van der Waals surface area contributed by atoms with Gasteiger partial charge in [-0.05, 0) is 5.56 Å². The van der Waals surface area contributed by atoms with Crippen LogP contribution in [0.2, 0.25) is 0 Å². The number of H-pyrrole nitrogens is 1. The van der Waals surface area contributed by atoms with Crippen molar-refractivity contribution >= 4 is 6.09 Å². The zero-order valence-corrected chi connectivity index (χ0v) is 8.02. The SMILES string of the molecule is O=C(O)Nn1[nH]c2c(c1=O)-c1ccccc1-2. The Labute approximate surface area is 89.1 Å². The highest BCUT2D eigenvalue weighted by Crippen LogP contribution is 2.42. The van der Waals surface area contributed by atoms with Crippen molar-refractivity contribution in [3.63, 3.8) is 0 Å². The lowest BCUT2D eigenvalue weighted by molar-refractivity contribution is 0.205. The number of aromatic nitrogens is 2. The summed E-state index contributed by atoms with van der Waals surface area (Å²) in [6.45, 7) is 0. The first-order chi connectivity index (χ1) is 7.68. The second-order valence-electron chi connectivity index (χ2n) is 3.46. The molecular weight excluding hydrogens is 210 g/mol. The van der Waals surface area contributed by atoms with Gasteiger partial charge in [0.1, 0.15) is 0 Å². The van der Waals surface area contributed by atoms with E-state index < -0.39 is 6.09 Å². The molecule has 1 aromatic heterocycles. The molecule has 0 spiro atoms. The largest absolute Gasteiger partial charge is 0.464 e. The zero-order chi connectivity index (χ0) is 11.3. The maximum Gasteiger partial charge on any atom is 0.425 e. The van der Waals surface area contributed by atoms with Crippen LogP contribution in [0.1, 0.15) is 0 Å². The first-order valence-corrected chi connectivity index (χ1v) is 4.63. The molecule has 3 N–H and O–H groups in total. The minimum atomic E-state index is -1.28. The van der Waals surface area contributed by atoms with E-state index in [1.54, 1.807) is 0 Å². The van der Waals surface area contributed by atoms with E-state index in [1.807, 2.05) is 29.7 Å². The van der Waals surface area contributed by atoms with Crippen molar-refractivity contribution in [2.45, 2.75) is 0 Å². The molecule has 1 amide bonds. The number of carboxylic acid groups (broad SMARTS) is 1. The van der Waals surface area contributed by atoms with Gasteiger partial charge in [-0.15, -0.1) is 0 Å². The summed E-state index contributed by atoms with van der Waals surface area (Å²) in [7, 11) is 0. The molecule has 80 valence electrons. The van der Waals surface area contributed by atoms with E-state index in [-0.39, 0.29) is 5.56 Å². The van der Waals surface area contributed by atoms with Gasteiger partial charge in [0.15, 0.2) is 0 Å². The summed E-state index contributed by atoms with van der Waals surface area (Å²) < 4.78 is 0. The van der Waals surface area contributed by atoms with Crippen molar-refractivity contribution in [3.05, 3.63) is 34.6 Å². The van der Waals surface area contributed by atoms with E-state index in [9.17, 15) is 9.59 Å². The summed E-state index contributed by atoms with van der Waals surface area (Å²) in [6.07, 6.45) is -1.28. The Morgan fingerprint density at radius 2 is 2.00 bits per heavy atom. The Morgan fingerprint density at radius 3 is 2.69 bits per heavy atom. The number of benzene rings is 1. The van der Waals surface area contributed by atoms with Crippen molar-refractivity contribution in [2.75, 3.05) is 5.43 Å². The molecule has 0 aliphatic heterocycles. The normalized spacial score (nSPS) is 11.2. The molecule has 0 saturated carbocycles. The summed E-state index contributed by atoms with van der Waals surface area (Å²) in [6, 6.07) is 7.40. The molecule has 1 aromatic carbocycles. The van der Waals surface area contributed by atoms with Crippen LogP contribution in [0.4, 0.5) is 4.79 Å². The monoisotopic (exact) mass is 217 g/mol. The Morgan fingerprint density at radius 1 is 1.31 bits per heavy atom. The molecule has 1 heterocycles. The Bertz CT molecular complexity index is 654. The van der Waals surface area contributed by atoms with Gasteiger partial charge in [-0.25, -0.2) is 10.2 Å². The molecule has 6 heteroatoms. The van der Waals surface area contributed by atoms with Crippen LogP contribution in [0.5, 0.6) is 0 Å². The number of nitrogens with zero attached hydrogens (tertiary/aromatic N) is 1. The van der Waals surface area contributed by atoms with Gasteiger partial charge in [-0.3, -0.25) is 9.89 Å². The van der Waals surface area contributed by atoms with Crippen molar-refractivity contribution in [3.8, 4) is 22.4 Å². The van der Waals surface area contributed by atoms with Crippen LogP contribution in [-0.4, -0.2) is 21.1 Å². The third kappa shape index (κ3) is 0.952. The number of aromatic amines is 1. The summed E-state index contributed by atoms with van der Waals surface area (Å²) in [5.74, 6) is 0. The molecular formula is C10H7N3O3. The fourth-order valence-electron chi connectivity index (χ4n) is 1.91. The molecule has 0 radical (unpaired) electrons. The third-order valence-electron chi connectivity index (χ3n) is 2.56. The molecule has 3 rings (SSSR count). The summed E-state index contributed by atoms with van der Waals surface area (Å²) in [5.41, 5.74) is 4.59. The number of carbonyl (C=O) groups is 1. The number of hydrogen-bond acceptors (Lipinski definition) is 2. The number of hydrogen-bond donors (Lipinski definition) is 3. The smallest absolute Gasteiger partial charge is 0.425 e. The summed E-state index contributed by atoms with van der Waals surface area (Å²) in [5, 5.41) is 11.2. The number of nitrogens with one attached hydrogen (secondary N) is 2. The highest BCUT2D eigenvalue weighted by atomic mass is 16.4. The lowest BCUT2D eigenvalue weighted by Gasteiger charge is -2.15. The maximum atomic E-state index is 11.7. The van der Waals surface area contributed by atoms with E-state index in [2.05, 4.69) is 5.10 Å². The van der Waals surface area contributed by atoms with Crippen LogP contribution < -0.4 is 11.0 Å².